The maximum Gasteiger partial charge on any atom is 0.293 e. The number of fused-ring (bicyclic) bond motifs is 1. The zero-order chi connectivity index (χ0) is 20.9. The summed E-state index contributed by atoms with van der Waals surface area (Å²) in [7, 11) is 0. The molecule has 28 heavy (non-hydrogen) atoms. The van der Waals surface area contributed by atoms with Gasteiger partial charge in [-0.3, -0.25) is 14.6 Å². The summed E-state index contributed by atoms with van der Waals surface area (Å²) in [5.74, 6) is -0.0945. The Balaban J connectivity index is 0.00000190. The minimum absolute atomic E-state index is 0.244. The number of nitrogens with zero attached hydrogens (tertiary/aromatic N) is 2. The van der Waals surface area contributed by atoms with E-state index >= 15 is 0 Å². The van der Waals surface area contributed by atoms with Gasteiger partial charge < -0.3 is 10.1 Å². The molecule has 1 aliphatic carbocycles. The van der Waals surface area contributed by atoms with Gasteiger partial charge in [0, 0.05) is 23.4 Å². The number of nitriles is 1. The van der Waals surface area contributed by atoms with E-state index in [0.717, 1.165) is 29.7 Å². The van der Waals surface area contributed by atoms with Crippen LogP contribution in [0.5, 0.6) is 0 Å². The van der Waals surface area contributed by atoms with Crippen LogP contribution in [0.4, 0.5) is 5.00 Å². The molecule has 1 atom stereocenters. The molecule has 0 bridgehead atoms. The SMILES string of the molecule is C=CN=CC(=C)/C=C/C(=O)Nc1sc2c(c1C#N)CCC(COC=O)C2.CC. The third kappa shape index (κ3) is 6.63. The summed E-state index contributed by atoms with van der Waals surface area (Å²) in [6, 6.07) is 2.19. The van der Waals surface area contributed by atoms with Crippen molar-refractivity contribution in [2.75, 3.05) is 11.9 Å². The van der Waals surface area contributed by atoms with Gasteiger partial charge in [-0.05, 0) is 42.4 Å². The fraction of sp³-hybridized carbons (Fsp3) is 0.333. The number of hydrogen-bond acceptors (Lipinski definition) is 6. The molecular weight excluding hydrogens is 374 g/mol. The first-order chi connectivity index (χ1) is 13.6. The molecule has 7 heteroatoms. The molecule has 0 aromatic carbocycles. The summed E-state index contributed by atoms with van der Waals surface area (Å²) in [5, 5.41) is 12.8. The van der Waals surface area contributed by atoms with Crippen molar-refractivity contribution in [1.29, 1.82) is 5.26 Å². The van der Waals surface area contributed by atoms with E-state index in [4.69, 9.17) is 4.74 Å². The number of carbonyl (C=O) groups excluding carboxylic acids is 2. The Bertz CT molecular complexity index is 816. The van der Waals surface area contributed by atoms with E-state index in [-0.39, 0.29) is 11.8 Å². The molecule has 0 saturated heterocycles. The molecule has 0 saturated carbocycles. The molecular formula is C21H25N3O3S. The van der Waals surface area contributed by atoms with Gasteiger partial charge >= 0.3 is 0 Å². The molecule has 1 amide bonds. The van der Waals surface area contributed by atoms with Crippen molar-refractivity contribution in [1.82, 2.24) is 0 Å². The van der Waals surface area contributed by atoms with Gasteiger partial charge in [0.2, 0.25) is 5.91 Å². The highest BCUT2D eigenvalue weighted by Crippen LogP contribution is 2.39. The number of ether oxygens (including phenoxy) is 1. The van der Waals surface area contributed by atoms with E-state index in [2.05, 4.69) is 29.5 Å². The first-order valence-electron chi connectivity index (χ1n) is 9.01. The summed E-state index contributed by atoms with van der Waals surface area (Å²) >= 11 is 1.41. The average Bonchev–Trinajstić information content (AvgIpc) is 3.06. The molecule has 148 valence electrons. The highest BCUT2D eigenvalue weighted by atomic mass is 32.1. The van der Waals surface area contributed by atoms with E-state index in [1.807, 2.05) is 13.8 Å². The summed E-state index contributed by atoms with van der Waals surface area (Å²) in [4.78, 5) is 27.3. The fourth-order valence-corrected chi connectivity index (χ4v) is 4.02. The monoisotopic (exact) mass is 399 g/mol. The minimum atomic E-state index is -0.339. The Morgan fingerprint density at radius 2 is 2.21 bits per heavy atom. The lowest BCUT2D eigenvalue weighted by molar-refractivity contribution is -0.130. The number of anilines is 1. The predicted octanol–water partition coefficient (Wildman–Crippen LogP) is 4.19. The van der Waals surface area contributed by atoms with Crippen LogP contribution < -0.4 is 5.32 Å². The second-order valence-corrected chi connectivity index (χ2v) is 6.82. The van der Waals surface area contributed by atoms with E-state index in [1.165, 1.54) is 35.9 Å². The zero-order valence-electron chi connectivity index (χ0n) is 16.2. The average molecular weight is 400 g/mol. The number of carbonyl (C=O) groups is 2. The van der Waals surface area contributed by atoms with E-state index in [9.17, 15) is 14.9 Å². The molecule has 1 N–H and O–H groups in total. The van der Waals surface area contributed by atoms with E-state index in [1.54, 1.807) is 0 Å². The van der Waals surface area contributed by atoms with E-state index < -0.39 is 0 Å². The van der Waals surface area contributed by atoms with Crippen molar-refractivity contribution < 1.29 is 14.3 Å². The number of thiophene rings is 1. The van der Waals surface area contributed by atoms with Crippen LogP contribution in [0.25, 0.3) is 0 Å². The number of rotatable bonds is 8. The largest absolute Gasteiger partial charge is 0.468 e. The van der Waals surface area contributed by atoms with Crippen LogP contribution in [0.3, 0.4) is 0 Å². The molecule has 1 aromatic heterocycles. The topological polar surface area (TPSA) is 91.6 Å². The van der Waals surface area contributed by atoms with Crippen molar-refractivity contribution in [2.45, 2.75) is 33.1 Å². The third-order valence-electron chi connectivity index (χ3n) is 3.91. The van der Waals surface area contributed by atoms with E-state index in [0.29, 0.717) is 29.2 Å². The Morgan fingerprint density at radius 1 is 1.46 bits per heavy atom. The lowest BCUT2D eigenvalue weighted by Crippen LogP contribution is -2.18. The number of amides is 1. The molecule has 2 rings (SSSR count). The Hall–Kier alpha value is -2.98. The van der Waals surface area contributed by atoms with Gasteiger partial charge in [-0.2, -0.15) is 5.26 Å². The zero-order valence-corrected chi connectivity index (χ0v) is 17.1. The van der Waals surface area contributed by atoms with Crippen LogP contribution in [0, 0.1) is 17.2 Å². The van der Waals surface area contributed by atoms with Gasteiger partial charge in [0.05, 0.1) is 12.2 Å². The fourth-order valence-electron chi connectivity index (χ4n) is 2.71. The Kier molecular flexibility index (Phi) is 10.2. The predicted molar refractivity (Wildman–Crippen MR) is 114 cm³/mol. The minimum Gasteiger partial charge on any atom is -0.468 e. The second kappa shape index (κ2) is 12.4. The first-order valence-corrected chi connectivity index (χ1v) is 9.82. The molecule has 1 heterocycles. The van der Waals surface area contributed by atoms with Crippen molar-refractivity contribution in [3.8, 4) is 6.07 Å². The molecule has 0 fully saturated rings. The van der Waals surface area contributed by atoms with Crippen LogP contribution in [-0.4, -0.2) is 25.2 Å². The quantitative estimate of drug-likeness (QED) is 0.307. The van der Waals surface area contributed by atoms with Gasteiger partial charge in [-0.15, -0.1) is 11.3 Å². The van der Waals surface area contributed by atoms with Crippen LogP contribution in [-0.2, 0) is 27.2 Å². The van der Waals surface area contributed by atoms with Crippen LogP contribution in [0.1, 0.15) is 36.3 Å². The van der Waals surface area contributed by atoms with Gasteiger partial charge in [0.1, 0.15) is 11.1 Å². The molecule has 1 aliphatic rings. The van der Waals surface area contributed by atoms with Crippen molar-refractivity contribution in [3.05, 3.63) is 53.1 Å². The first kappa shape index (κ1) is 23.1. The standard InChI is InChI=1S/C19H19N3O3S.C2H6/c1-3-21-10-13(2)4-7-18(24)22-19-16(9-20)15-6-5-14(11-25-12-23)8-17(15)26-19;1-2/h3-4,7,10,12,14H,1-2,5-6,8,11H2,(H,22,24);1-2H3/b7-4+,21-10?;. The lowest BCUT2D eigenvalue weighted by atomic mass is 9.88. The van der Waals surface area contributed by atoms with Gasteiger partial charge in [-0.25, -0.2) is 0 Å². The van der Waals surface area contributed by atoms with Crippen LogP contribution >= 0.6 is 11.3 Å². The number of aliphatic imine (C=N–C) groups is 1. The number of allylic oxidation sites excluding steroid dienone is 2. The summed E-state index contributed by atoms with van der Waals surface area (Å²) in [5.41, 5.74) is 2.07. The number of hydrogen-bond donors (Lipinski definition) is 1. The van der Waals surface area contributed by atoms with Crippen molar-refractivity contribution in [2.24, 2.45) is 10.9 Å². The normalized spacial score (nSPS) is 15.1. The third-order valence-corrected chi connectivity index (χ3v) is 5.08. The number of nitrogens with one attached hydrogen (secondary N) is 1. The summed E-state index contributed by atoms with van der Waals surface area (Å²) in [6.45, 7) is 12.0. The molecule has 6 nitrogen and oxygen atoms in total. The summed E-state index contributed by atoms with van der Waals surface area (Å²) in [6.07, 6.45) is 8.07. The molecule has 0 spiro atoms. The Morgan fingerprint density at radius 3 is 2.86 bits per heavy atom. The van der Waals surface area contributed by atoms with Crippen molar-refractivity contribution in [3.63, 3.8) is 0 Å². The smallest absolute Gasteiger partial charge is 0.293 e. The van der Waals surface area contributed by atoms with Gasteiger partial charge in [0.25, 0.3) is 6.47 Å². The van der Waals surface area contributed by atoms with Gasteiger partial charge in [0.15, 0.2) is 0 Å². The molecule has 1 unspecified atom stereocenters. The maximum absolute atomic E-state index is 12.1. The molecule has 0 aliphatic heterocycles. The van der Waals surface area contributed by atoms with Crippen LogP contribution in [0.15, 0.2) is 42.1 Å². The highest BCUT2D eigenvalue weighted by Gasteiger charge is 2.26. The summed E-state index contributed by atoms with van der Waals surface area (Å²) < 4.78 is 4.85. The highest BCUT2D eigenvalue weighted by molar-refractivity contribution is 7.16. The molecule has 0 radical (unpaired) electrons. The molecule has 1 aromatic rings. The Labute approximate surface area is 169 Å². The van der Waals surface area contributed by atoms with Crippen molar-refractivity contribution >= 4 is 34.9 Å². The van der Waals surface area contributed by atoms with Gasteiger partial charge in [-0.1, -0.05) is 27.0 Å². The lowest BCUT2D eigenvalue weighted by Gasteiger charge is -2.20. The maximum atomic E-state index is 12.1. The second-order valence-electron chi connectivity index (χ2n) is 5.72. The van der Waals surface area contributed by atoms with Crippen LogP contribution in [0.2, 0.25) is 0 Å².